The van der Waals surface area contributed by atoms with Crippen molar-refractivity contribution in [3.05, 3.63) is 88.5 Å². The molecular weight excluding hydrogens is 434 g/mol. The van der Waals surface area contributed by atoms with Gasteiger partial charge in [-0.05, 0) is 79.4 Å². The Kier molecular flexibility index (Phi) is 7.76. The van der Waals surface area contributed by atoms with Gasteiger partial charge in [0.15, 0.2) is 11.5 Å². The number of hydrogen-bond donors (Lipinski definition) is 2. The molecule has 0 saturated heterocycles. The number of carbonyl (C=O) groups is 3. The fraction of sp³-hybridized carbons (Fsp3) is 0.154. The maximum absolute atomic E-state index is 12.5. The van der Waals surface area contributed by atoms with Crippen molar-refractivity contribution in [2.75, 3.05) is 12.4 Å². The first-order valence-corrected chi connectivity index (χ1v) is 10.5. The van der Waals surface area contributed by atoms with Gasteiger partial charge in [0.05, 0.1) is 18.9 Å². The molecular formula is C26H25N3O5. The lowest BCUT2D eigenvalue weighted by Gasteiger charge is -2.11. The van der Waals surface area contributed by atoms with Gasteiger partial charge in [-0.15, -0.1) is 0 Å². The summed E-state index contributed by atoms with van der Waals surface area (Å²) in [4.78, 5) is 36.6. The van der Waals surface area contributed by atoms with Crippen molar-refractivity contribution in [3.8, 4) is 11.5 Å². The minimum atomic E-state index is -0.912. The SMILES string of the molecule is COc1cc(C=NNC(=O)C(=O)Nc2ccc(C)c(C)c2)ccc1OC(=O)c1ccccc1C. The molecule has 0 atom stereocenters. The minimum Gasteiger partial charge on any atom is -0.493 e. The molecule has 0 fully saturated rings. The standard InChI is InChI=1S/C26H25N3O5/c1-16-9-11-20(13-18(16)3)28-24(30)25(31)29-27-15-19-10-12-22(23(14-19)33-4)34-26(32)21-8-6-5-7-17(21)2/h5-15H,1-4H3,(H,28,30)(H,29,31). The zero-order valence-electron chi connectivity index (χ0n) is 19.3. The first-order chi connectivity index (χ1) is 16.3. The quantitative estimate of drug-likeness (QED) is 0.191. The van der Waals surface area contributed by atoms with Crippen molar-refractivity contribution < 1.29 is 23.9 Å². The Labute approximate surface area is 197 Å². The Morgan fingerprint density at radius 2 is 1.59 bits per heavy atom. The topological polar surface area (TPSA) is 106 Å². The Bertz CT molecular complexity index is 1270. The average molecular weight is 460 g/mol. The van der Waals surface area contributed by atoms with E-state index in [9.17, 15) is 14.4 Å². The number of esters is 1. The van der Waals surface area contributed by atoms with Crippen LogP contribution in [0, 0.1) is 20.8 Å². The molecule has 0 aromatic heterocycles. The van der Waals surface area contributed by atoms with Crippen molar-refractivity contribution in [1.82, 2.24) is 5.43 Å². The zero-order chi connectivity index (χ0) is 24.7. The van der Waals surface area contributed by atoms with Gasteiger partial charge in [-0.25, -0.2) is 10.2 Å². The molecule has 174 valence electrons. The van der Waals surface area contributed by atoms with Crippen LogP contribution in [0.25, 0.3) is 0 Å². The summed E-state index contributed by atoms with van der Waals surface area (Å²) >= 11 is 0. The Balaban J connectivity index is 1.61. The number of rotatable bonds is 6. The number of anilines is 1. The lowest BCUT2D eigenvalue weighted by atomic mass is 10.1. The summed E-state index contributed by atoms with van der Waals surface area (Å²) in [5, 5.41) is 6.34. The van der Waals surface area contributed by atoms with E-state index in [0.717, 1.165) is 16.7 Å². The molecule has 8 nitrogen and oxygen atoms in total. The number of hydrogen-bond acceptors (Lipinski definition) is 6. The maximum Gasteiger partial charge on any atom is 0.343 e. The van der Waals surface area contributed by atoms with Gasteiger partial charge in [0.1, 0.15) is 0 Å². The van der Waals surface area contributed by atoms with E-state index in [4.69, 9.17) is 9.47 Å². The number of ether oxygens (including phenoxy) is 2. The highest BCUT2D eigenvalue weighted by molar-refractivity contribution is 6.39. The average Bonchev–Trinajstić information content (AvgIpc) is 2.82. The molecule has 2 N–H and O–H groups in total. The molecule has 3 rings (SSSR count). The van der Waals surface area contributed by atoms with Crippen LogP contribution in [0.4, 0.5) is 5.69 Å². The molecule has 0 radical (unpaired) electrons. The van der Waals surface area contributed by atoms with Crippen molar-refractivity contribution >= 4 is 29.7 Å². The first-order valence-electron chi connectivity index (χ1n) is 10.5. The summed E-state index contributed by atoms with van der Waals surface area (Å²) in [5.74, 6) is -1.70. The number of hydrazone groups is 1. The number of carbonyl (C=O) groups excluding carboxylic acids is 3. The second-order valence-corrected chi connectivity index (χ2v) is 7.57. The van der Waals surface area contributed by atoms with Crippen LogP contribution in [0.3, 0.4) is 0 Å². The van der Waals surface area contributed by atoms with Gasteiger partial charge in [0.25, 0.3) is 0 Å². The third kappa shape index (κ3) is 6.07. The first kappa shape index (κ1) is 24.2. The van der Waals surface area contributed by atoms with Crippen LogP contribution in [0.5, 0.6) is 11.5 Å². The summed E-state index contributed by atoms with van der Waals surface area (Å²) in [5.41, 5.74) is 6.59. The minimum absolute atomic E-state index is 0.240. The zero-order valence-corrected chi connectivity index (χ0v) is 19.3. The van der Waals surface area contributed by atoms with E-state index in [-0.39, 0.29) is 5.75 Å². The van der Waals surface area contributed by atoms with Crippen molar-refractivity contribution in [1.29, 1.82) is 0 Å². The van der Waals surface area contributed by atoms with E-state index in [0.29, 0.717) is 22.6 Å². The van der Waals surface area contributed by atoms with Crippen LogP contribution in [0.1, 0.15) is 32.6 Å². The van der Waals surface area contributed by atoms with Crippen molar-refractivity contribution in [2.45, 2.75) is 20.8 Å². The Hall–Kier alpha value is -4.46. The van der Waals surface area contributed by atoms with Gasteiger partial charge in [0, 0.05) is 5.69 Å². The van der Waals surface area contributed by atoms with Crippen molar-refractivity contribution in [3.63, 3.8) is 0 Å². The summed E-state index contributed by atoms with van der Waals surface area (Å²) in [7, 11) is 1.44. The van der Waals surface area contributed by atoms with Crippen LogP contribution in [-0.4, -0.2) is 31.1 Å². The highest BCUT2D eigenvalue weighted by Gasteiger charge is 2.15. The van der Waals surface area contributed by atoms with Gasteiger partial charge in [-0.3, -0.25) is 9.59 Å². The highest BCUT2D eigenvalue weighted by Crippen LogP contribution is 2.28. The molecule has 0 heterocycles. The number of aryl methyl sites for hydroxylation is 3. The largest absolute Gasteiger partial charge is 0.493 e. The summed E-state index contributed by atoms with van der Waals surface area (Å²) in [6.45, 7) is 5.69. The van der Waals surface area contributed by atoms with Crippen molar-refractivity contribution in [2.24, 2.45) is 5.10 Å². The molecule has 0 unspecified atom stereocenters. The molecule has 0 saturated carbocycles. The lowest BCUT2D eigenvalue weighted by Crippen LogP contribution is -2.32. The maximum atomic E-state index is 12.5. The van der Waals surface area contributed by atoms with Gasteiger partial charge >= 0.3 is 17.8 Å². The lowest BCUT2D eigenvalue weighted by molar-refractivity contribution is -0.136. The molecule has 3 aromatic carbocycles. The number of methoxy groups -OCH3 is 1. The molecule has 0 aliphatic heterocycles. The molecule has 0 aliphatic carbocycles. The van der Waals surface area contributed by atoms with Crippen LogP contribution < -0.4 is 20.2 Å². The number of benzene rings is 3. The van der Waals surface area contributed by atoms with Gasteiger partial charge in [-0.1, -0.05) is 24.3 Å². The molecule has 8 heteroatoms. The van der Waals surface area contributed by atoms with E-state index in [1.54, 1.807) is 42.5 Å². The Morgan fingerprint density at radius 1 is 0.824 bits per heavy atom. The van der Waals surface area contributed by atoms with E-state index in [2.05, 4.69) is 15.8 Å². The normalized spacial score (nSPS) is 10.6. The van der Waals surface area contributed by atoms with E-state index in [1.165, 1.54) is 13.3 Å². The highest BCUT2D eigenvalue weighted by atomic mass is 16.6. The predicted octanol–water partition coefficient (Wildman–Crippen LogP) is 3.93. The molecule has 0 aliphatic rings. The molecule has 2 amide bonds. The number of nitrogens with one attached hydrogen (secondary N) is 2. The van der Waals surface area contributed by atoms with Gasteiger partial charge in [0.2, 0.25) is 0 Å². The Morgan fingerprint density at radius 3 is 2.29 bits per heavy atom. The fourth-order valence-electron chi connectivity index (χ4n) is 3.03. The summed E-state index contributed by atoms with van der Waals surface area (Å²) in [6.07, 6.45) is 1.34. The second-order valence-electron chi connectivity index (χ2n) is 7.57. The molecule has 34 heavy (non-hydrogen) atoms. The number of amides is 2. The molecule has 0 bridgehead atoms. The molecule has 3 aromatic rings. The second kappa shape index (κ2) is 10.9. The smallest absolute Gasteiger partial charge is 0.343 e. The van der Waals surface area contributed by atoms with E-state index >= 15 is 0 Å². The molecule has 0 spiro atoms. The predicted molar refractivity (Wildman–Crippen MR) is 129 cm³/mol. The van der Waals surface area contributed by atoms with Crippen LogP contribution in [-0.2, 0) is 9.59 Å². The van der Waals surface area contributed by atoms with Gasteiger partial charge in [-0.2, -0.15) is 5.10 Å². The van der Waals surface area contributed by atoms with Crippen LogP contribution in [0.15, 0.2) is 65.8 Å². The summed E-state index contributed by atoms with van der Waals surface area (Å²) in [6, 6.07) is 17.2. The van der Waals surface area contributed by atoms with Crippen LogP contribution in [0.2, 0.25) is 0 Å². The van der Waals surface area contributed by atoms with E-state index < -0.39 is 17.8 Å². The summed E-state index contributed by atoms with van der Waals surface area (Å²) < 4.78 is 10.8. The fourth-order valence-corrected chi connectivity index (χ4v) is 3.03. The van der Waals surface area contributed by atoms with Crippen LogP contribution >= 0.6 is 0 Å². The third-order valence-electron chi connectivity index (χ3n) is 5.11. The third-order valence-corrected chi connectivity index (χ3v) is 5.11. The monoisotopic (exact) mass is 459 g/mol. The number of nitrogens with zero attached hydrogens (tertiary/aromatic N) is 1. The van der Waals surface area contributed by atoms with Gasteiger partial charge < -0.3 is 14.8 Å². The van der Waals surface area contributed by atoms with E-state index in [1.807, 2.05) is 39.0 Å².